The van der Waals surface area contributed by atoms with Gasteiger partial charge in [0.2, 0.25) is 0 Å². The Kier molecular flexibility index (Phi) is 14.3. The van der Waals surface area contributed by atoms with Crippen LogP contribution in [0.1, 0.15) is 78.6 Å². The molecule has 0 radical (unpaired) electrons. The lowest BCUT2D eigenvalue weighted by atomic mass is 9.90. The van der Waals surface area contributed by atoms with E-state index in [2.05, 4.69) is 0 Å². The van der Waals surface area contributed by atoms with Crippen LogP contribution in [0.4, 0.5) is 65.9 Å². The summed E-state index contributed by atoms with van der Waals surface area (Å²) in [6.45, 7) is 4.26. The SMILES string of the molecule is CCCCCCCCCCOC(=O)C(CC(C)C)N(C)C(=O)C(F)(F)C(F)(F)C(F)(F)C(F)(F)C(F)(F)C(F)(F)C(F)(F)F. The van der Waals surface area contributed by atoms with E-state index in [0.717, 1.165) is 32.1 Å². The summed E-state index contributed by atoms with van der Waals surface area (Å²) in [6.07, 6.45) is -2.12. The molecule has 1 amide bonds. The van der Waals surface area contributed by atoms with Gasteiger partial charge in [-0.15, -0.1) is 0 Å². The number of alkyl halides is 15. The monoisotopic (exact) mass is 681 g/mol. The average molecular weight is 682 g/mol. The molecule has 0 saturated heterocycles. The number of hydrogen-bond donors (Lipinski definition) is 0. The molecular weight excluding hydrogens is 647 g/mol. The molecule has 0 aliphatic heterocycles. The van der Waals surface area contributed by atoms with Crippen molar-refractivity contribution in [1.29, 1.82) is 0 Å². The summed E-state index contributed by atoms with van der Waals surface area (Å²) in [5, 5.41) is 0. The van der Waals surface area contributed by atoms with Crippen molar-refractivity contribution in [2.75, 3.05) is 13.7 Å². The van der Waals surface area contributed by atoms with Crippen molar-refractivity contribution < 1.29 is 80.2 Å². The number of ether oxygens (including phenoxy) is 1. The Morgan fingerprint density at radius 1 is 0.614 bits per heavy atom. The van der Waals surface area contributed by atoms with E-state index >= 15 is 0 Å². The lowest BCUT2D eigenvalue weighted by Gasteiger charge is -2.42. The van der Waals surface area contributed by atoms with Gasteiger partial charge in [0, 0.05) is 7.05 Å². The molecule has 0 aliphatic carbocycles. The minimum atomic E-state index is -8.52. The number of hydrogen-bond acceptors (Lipinski definition) is 3. The topological polar surface area (TPSA) is 46.6 Å². The van der Waals surface area contributed by atoms with Gasteiger partial charge in [-0.3, -0.25) is 4.79 Å². The zero-order valence-corrected chi connectivity index (χ0v) is 24.1. The second kappa shape index (κ2) is 15.0. The third-order valence-corrected chi connectivity index (χ3v) is 6.59. The van der Waals surface area contributed by atoms with Gasteiger partial charge in [-0.25, -0.2) is 4.79 Å². The number of carbonyl (C=O) groups is 2. The normalized spacial score (nSPS) is 15.0. The fourth-order valence-electron chi connectivity index (χ4n) is 3.83. The van der Waals surface area contributed by atoms with Gasteiger partial charge in [-0.05, 0) is 18.8 Å². The van der Waals surface area contributed by atoms with Crippen molar-refractivity contribution in [3.8, 4) is 0 Å². The highest BCUT2D eigenvalue weighted by atomic mass is 19.4. The Balaban J connectivity index is 6.05. The summed E-state index contributed by atoms with van der Waals surface area (Å²) >= 11 is 0. The summed E-state index contributed by atoms with van der Waals surface area (Å²) in [5.74, 6) is -54.4. The first-order chi connectivity index (χ1) is 19.6. The van der Waals surface area contributed by atoms with Crippen LogP contribution in [0.5, 0.6) is 0 Å². The molecule has 0 aromatic heterocycles. The van der Waals surface area contributed by atoms with Gasteiger partial charge in [-0.1, -0.05) is 65.7 Å². The first-order valence-electron chi connectivity index (χ1n) is 13.4. The van der Waals surface area contributed by atoms with Gasteiger partial charge in [0.15, 0.2) is 0 Å². The van der Waals surface area contributed by atoms with Gasteiger partial charge >= 0.3 is 47.7 Å². The van der Waals surface area contributed by atoms with E-state index in [-0.39, 0.29) is 20.1 Å². The number of rotatable bonds is 19. The van der Waals surface area contributed by atoms with Gasteiger partial charge in [0.05, 0.1) is 6.61 Å². The summed E-state index contributed by atoms with van der Waals surface area (Å²) < 4.78 is 208. The zero-order valence-electron chi connectivity index (χ0n) is 24.1. The maximum Gasteiger partial charge on any atom is 0.460 e. The highest BCUT2D eigenvalue weighted by Crippen LogP contribution is 2.62. The maximum absolute atomic E-state index is 14.5. The van der Waals surface area contributed by atoms with Crippen LogP contribution in [0.25, 0.3) is 0 Å². The van der Waals surface area contributed by atoms with Crippen molar-refractivity contribution in [2.24, 2.45) is 5.92 Å². The number of carbonyl (C=O) groups excluding carboxylic acids is 2. The quantitative estimate of drug-likeness (QED) is 0.0778. The van der Waals surface area contributed by atoms with Gasteiger partial charge in [0.25, 0.3) is 5.91 Å². The van der Waals surface area contributed by atoms with E-state index < -0.39 is 76.9 Å². The summed E-state index contributed by atoms with van der Waals surface area (Å²) in [5.41, 5.74) is 0. The molecule has 19 heteroatoms. The average Bonchev–Trinajstić information content (AvgIpc) is 2.88. The van der Waals surface area contributed by atoms with Crippen molar-refractivity contribution in [2.45, 2.75) is 126 Å². The molecule has 0 fully saturated rings. The zero-order chi connectivity index (χ0) is 35.2. The van der Waals surface area contributed by atoms with E-state index in [1.54, 1.807) is 0 Å². The van der Waals surface area contributed by atoms with E-state index in [1.165, 1.54) is 13.8 Å². The van der Waals surface area contributed by atoms with Crippen molar-refractivity contribution >= 4 is 11.9 Å². The predicted molar refractivity (Wildman–Crippen MR) is 125 cm³/mol. The Morgan fingerprint density at radius 3 is 1.41 bits per heavy atom. The van der Waals surface area contributed by atoms with E-state index in [0.29, 0.717) is 12.8 Å². The molecule has 0 heterocycles. The van der Waals surface area contributed by atoms with Crippen LogP contribution in [0.15, 0.2) is 0 Å². The minimum Gasteiger partial charge on any atom is -0.464 e. The van der Waals surface area contributed by atoms with Gasteiger partial charge in [-0.2, -0.15) is 65.9 Å². The Bertz CT molecular complexity index is 936. The second-order valence-electron chi connectivity index (χ2n) is 10.6. The molecule has 1 unspecified atom stereocenters. The molecule has 44 heavy (non-hydrogen) atoms. The highest BCUT2D eigenvalue weighted by molar-refractivity contribution is 5.89. The molecule has 1 atom stereocenters. The second-order valence-corrected chi connectivity index (χ2v) is 10.6. The molecule has 0 aliphatic rings. The van der Waals surface area contributed by atoms with Crippen LogP contribution in [-0.2, 0) is 14.3 Å². The molecule has 262 valence electrons. The van der Waals surface area contributed by atoms with Crippen LogP contribution in [0, 0.1) is 5.92 Å². The van der Waals surface area contributed by atoms with Gasteiger partial charge in [0.1, 0.15) is 6.04 Å². The van der Waals surface area contributed by atoms with Crippen LogP contribution >= 0.6 is 0 Å². The molecule has 0 saturated carbocycles. The summed E-state index contributed by atoms with van der Waals surface area (Å²) in [7, 11) is 0.152. The lowest BCUT2D eigenvalue weighted by Crippen LogP contribution is -2.74. The summed E-state index contributed by atoms with van der Waals surface area (Å²) in [4.78, 5) is 24.1. The van der Waals surface area contributed by atoms with E-state index in [4.69, 9.17) is 4.74 Å². The third kappa shape index (κ3) is 8.37. The fourth-order valence-corrected chi connectivity index (χ4v) is 3.83. The molecule has 0 N–H and O–H groups in total. The number of amides is 1. The third-order valence-electron chi connectivity index (χ3n) is 6.59. The minimum absolute atomic E-state index is 0.152. The standard InChI is InChI=1S/C25H34F15NO3/c1-5-6-7-8-9-10-11-12-13-44-17(42)16(14-15(2)3)41(4)18(43)19(26,27)20(28,29)21(30,31)22(32,33)23(34,35)24(36,37)25(38,39)40/h15-16H,5-14H2,1-4H3. The fraction of sp³-hybridized carbons (Fsp3) is 0.920. The first kappa shape index (κ1) is 41.9. The van der Waals surface area contributed by atoms with Crippen molar-refractivity contribution in [3.63, 3.8) is 0 Å². The number of esters is 1. The summed E-state index contributed by atoms with van der Waals surface area (Å²) in [6, 6.07) is -2.25. The molecule has 0 aromatic rings. The van der Waals surface area contributed by atoms with E-state index in [9.17, 15) is 75.4 Å². The predicted octanol–water partition coefficient (Wildman–Crippen LogP) is 8.92. The Hall–Kier alpha value is -2.11. The number of unbranched alkanes of at least 4 members (excludes halogenated alkanes) is 7. The van der Waals surface area contributed by atoms with Crippen molar-refractivity contribution in [3.05, 3.63) is 0 Å². The molecule has 0 bridgehead atoms. The smallest absolute Gasteiger partial charge is 0.460 e. The van der Waals surface area contributed by atoms with Crippen LogP contribution in [0.3, 0.4) is 0 Å². The molecule has 0 rings (SSSR count). The molecule has 0 spiro atoms. The van der Waals surface area contributed by atoms with Crippen LogP contribution in [0.2, 0.25) is 0 Å². The van der Waals surface area contributed by atoms with Crippen LogP contribution < -0.4 is 0 Å². The van der Waals surface area contributed by atoms with E-state index in [1.807, 2.05) is 6.92 Å². The maximum atomic E-state index is 14.5. The molecule has 4 nitrogen and oxygen atoms in total. The molecular formula is C25H34F15NO3. The Morgan fingerprint density at radius 2 is 1.00 bits per heavy atom. The first-order valence-corrected chi connectivity index (χ1v) is 13.4. The number of likely N-dealkylation sites (N-methyl/N-ethyl adjacent to an activating group) is 1. The molecule has 0 aromatic carbocycles. The lowest BCUT2D eigenvalue weighted by molar-refractivity contribution is -0.449. The van der Waals surface area contributed by atoms with Crippen molar-refractivity contribution in [1.82, 2.24) is 4.90 Å². The number of halogens is 15. The number of nitrogens with zero attached hydrogens (tertiary/aromatic N) is 1. The highest BCUT2D eigenvalue weighted by Gasteiger charge is 2.94. The Labute approximate surface area is 243 Å². The van der Waals surface area contributed by atoms with Gasteiger partial charge < -0.3 is 9.64 Å². The van der Waals surface area contributed by atoms with Crippen LogP contribution in [-0.4, -0.2) is 78.2 Å². The largest absolute Gasteiger partial charge is 0.464 e.